The molecule has 13 nitrogen and oxygen atoms in total. The number of Topliss-reactive ketones (excluding diaryl/α,β-unsaturated/α-hetero) is 1. The van der Waals surface area contributed by atoms with Gasteiger partial charge in [0.1, 0.15) is 5.75 Å². The van der Waals surface area contributed by atoms with Crippen molar-refractivity contribution in [2.75, 3.05) is 45.9 Å². The topological polar surface area (TPSA) is 160 Å². The molecule has 2 aliphatic rings. The number of piperazine rings is 1. The predicted octanol–water partition coefficient (Wildman–Crippen LogP) is 1.13. The van der Waals surface area contributed by atoms with Gasteiger partial charge >= 0.3 is 17.9 Å². The molecule has 0 spiro atoms. The molecular formula is C25H29N3O10. The summed E-state index contributed by atoms with van der Waals surface area (Å²) in [6, 6.07) is 6.27. The van der Waals surface area contributed by atoms with Crippen molar-refractivity contribution < 1.29 is 42.6 Å². The number of likely N-dealkylation sites (tertiary alicyclic amines) is 1. The van der Waals surface area contributed by atoms with Gasteiger partial charge in [-0.1, -0.05) is 0 Å². The number of ether oxygens (including phenoxy) is 2. The van der Waals surface area contributed by atoms with Gasteiger partial charge in [-0.05, 0) is 44.0 Å². The van der Waals surface area contributed by atoms with Crippen LogP contribution < -0.4 is 10.6 Å². The Morgan fingerprint density at radius 3 is 2.34 bits per heavy atom. The van der Waals surface area contributed by atoms with Gasteiger partial charge in [0.15, 0.2) is 30.5 Å². The Labute approximate surface area is 217 Å². The second-order valence-electron chi connectivity index (χ2n) is 9.12. The third kappa shape index (κ3) is 6.79. The third-order valence-corrected chi connectivity index (χ3v) is 6.62. The van der Waals surface area contributed by atoms with Crippen LogP contribution in [0.3, 0.4) is 0 Å². The van der Waals surface area contributed by atoms with Gasteiger partial charge in [-0.25, -0.2) is 14.4 Å². The number of rotatable bonds is 9. The normalized spacial score (nSPS) is 16.9. The lowest BCUT2D eigenvalue weighted by Gasteiger charge is -2.41. The van der Waals surface area contributed by atoms with E-state index in [4.69, 9.17) is 23.4 Å². The molecule has 0 atom stereocenters. The summed E-state index contributed by atoms with van der Waals surface area (Å²) in [5.74, 6) is -1.49. The van der Waals surface area contributed by atoms with Crippen LogP contribution in [0.1, 0.15) is 34.7 Å². The van der Waals surface area contributed by atoms with Gasteiger partial charge < -0.3 is 33.2 Å². The van der Waals surface area contributed by atoms with E-state index in [0.717, 1.165) is 0 Å². The summed E-state index contributed by atoms with van der Waals surface area (Å²) in [6.45, 7) is 3.03. The molecule has 2 aromatic rings. The zero-order chi connectivity index (χ0) is 27.2. The summed E-state index contributed by atoms with van der Waals surface area (Å²) in [5.41, 5.74) is 0.409. The summed E-state index contributed by atoms with van der Waals surface area (Å²) < 4.78 is 19.9. The van der Waals surface area contributed by atoms with Crippen molar-refractivity contribution in [3.8, 4) is 5.75 Å². The highest BCUT2D eigenvalue weighted by Crippen LogP contribution is 2.20. The fourth-order valence-corrected chi connectivity index (χ4v) is 4.49. The molecule has 4 rings (SSSR count). The van der Waals surface area contributed by atoms with Crippen molar-refractivity contribution in [2.24, 2.45) is 0 Å². The smallest absolute Gasteiger partial charge is 0.482 e. The number of carbonyl (C=O) groups is 4. The standard InChI is InChI=1S/C25H29N3O10/c1-16-21(38-25(34)37-16)14-36-24(33)26-8-6-18(7-9-26)27-10-11-28(22(30)13-27)12-20(29)17-2-4-19(5-3-17)35-15-23(31)32/h2-5,18H,6-15H2,1H3,(H,31,32). The van der Waals surface area contributed by atoms with Gasteiger partial charge in [0.2, 0.25) is 5.91 Å². The number of carbonyl (C=O) groups excluding carboxylic acids is 3. The van der Waals surface area contributed by atoms with E-state index >= 15 is 0 Å². The molecule has 2 amide bonds. The molecule has 204 valence electrons. The lowest BCUT2D eigenvalue weighted by atomic mass is 10.0. The van der Waals surface area contributed by atoms with Crippen LogP contribution in [0.25, 0.3) is 0 Å². The average molecular weight is 532 g/mol. The minimum Gasteiger partial charge on any atom is -0.482 e. The molecule has 2 fully saturated rings. The maximum absolute atomic E-state index is 12.8. The van der Waals surface area contributed by atoms with E-state index in [2.05, 4.69) is 4.90 Å². The van der Waals surface area contributed by atoms with Gasteiger partial charge in [0.05, 0.1) is 13.1 Å². The Kier molecular flexibility index (Phi) is 8.46. The number of nitrogens with zero attached hydrogens (tertiary/aromatic N) is 3. The van der Waals surface area contributed by atoms with Gasteiger partial charge in [-0.3, -0.25) is 14.5 Å². The fourth-order valence-electron chi connectivity index (χ4n) is 4.49. The molecule has 1 aromatic carbocycles. The number of benzene rings is 1. The van der Waals surface area contributed by atoms with E-state index < -0.39 is 24.5 Å². The van der Waals surface area contributed by atoms with Crippen molar-refractivity contribution in [1.29, 1.82) is 0 Å². The van der Waals surface area contributed by atoms with E-state index in [1.165, 1.54) is 17.0 Å². The number of carboxylic acid groups (broad SMARTS) is 1. The first-order chi connectivity index (χ1) is 18.2. The molecule has 38 heavy (non-hydrogen) atoms. The zero-order valence-corrected chi connectivity index (χ0v) is 20.9. The van der Waals surface area contributed by atoms with Crippen LogP contribution in [0, 0.1) is 6.92 Å². The molecule has 2 aliphatic heterocycles. The molecule has 0 unspecified atom stereocenters. The van der Waals surface area contributed by atoms with E-state index in [1.54, 1.807) is 24.0 Å². The highest BCUT2D eigenvalue weighted by atomic mass is 16.6. The van der Waals surface area contributed by atoms with Crippen LogP contribution >= 0.6 is 0 Å². The molecular weight excluding hydrogens is 502 g/mol. The summed E-state index contributed by atoms with van der Waals surface area (Å²) >= 11 is 0. The second-order valence-corrected chi connectivity index (χ2v) is 9.12. The second kappa shape index (κ2) is 11.9. The van der Waals surface area contributed by atoms with E-state index in [1.807, 2.05) is 0 Å². The summed E-state index contributed by atoms with van der Waals surface area (Å²) in [7, 11) is 0. The molecule has 13 heteroatoms. The van der Waals surface area contributed by atoms with Crippen molar-refractivity contribution in [3.63, 3.8) is 0 Å². The zero-order valence-electron chi connectivity index (χ0n) is 20.9. The number of hydrogen-bond donors (Lipinski definition) is 1. The van der Waals surface area contributed by atoms with Crippen molar-refractivity contribution in [3.05, 3.63) is 52.0 Å². The Bertz CT molecular complexity index is 1230. The number of carboxylic acids is 1. The molecule has 1 aromatic heterocycles. The molecule has 2 saturated heterocycles. The van der Waals surface area contributed by atoms with Crippen LogP contribution in [-0.2, 0) is 20.9 Å². The van der Waals surface area contributed by atoms with Crippen LogP contribution in [0.15, 0.2) is 37.9 Å². The quantitative estimate of drug-likeness (QED) is 0.462. The lowest BCUT2D eigenvalue weighted by molar-refractivity contribution is -0.139. The number of amides is 2. The average Bonchev–Trinajstić information content (AvgIpc) is 3.24. The molecule has 1 N–H and O–H groups in total. The minimum absolute atomic E-state index is 0.0391. The van der Waals surface area contributed by atoms with Crippen LogP contribution in [-0.4, -0.2) is 95.5 Å². The van der Waals surface area contributed by atoms with Crippen molar-refractivity contribution in [1.82, 2.24) is 14.7 Å². The van der Waals surface area contributed by atoms with Crippen LogP contribution in [0.5, 0.6) is 5.75 Å². The molecule has 0 radical (unpaired) electrons. The lowest BCUT2D eigenvalue weighted by Crippen LogP contribution is -2.56. The first-order valence-corrected chi connectivity index (χ1v) is 12.2. The monoisotopic (exact) mass is 531 g/mol. The highest BCUT2D eigenvalue weighted by Gasteiger charge is 2.33. The number of ketones is 1. The van der Waals surface area contributed by atoms with Gasteiger partial charge in [-0.2, -0.15) is 0 Å². The first kappa shape index (κ1) is 26.9. The van der Waals surface area contributed by atoms with Crippen molar-refractivity contribution >= 4 is 23.8 Å². The Morgan fingerprint density at radius 1 is 1.03 bits per heavy atom. The SMILES string of the molecule is Cc1oc(=O)oc1COC(=O)N1CCC(N2CCN(CC(=O)c3ccc(OCC(=O)O)cc3)C(=O)C2)CC1. The Morgan fingerprint density at radius 2 is 1.74 bits per heavy atom. The van der Waals surface area contributed by atoms with Gasteiger partial charge in [-0.15, -0.1) is 0 Å². The van der Waals surface area contributed by atoms with Crippen molar-refractivity contribution in [2.45, 2.75) is 32.4 Å². The Hall–Kier alpha value is -4.13. The van der Waals surface area contributed by atoms with E-state index in [0.29, 0.717) is 50.3 Å². The maximum atomic E-state index is 12.8. The molecule has 0 saturated carbocycles. The van der Waals surface area contributed by atoms with E-state index in [9.17, 15) is 24.0 Å². The largest absolute Gasteiger partial charge is 0.519 e. The molecule has 3 heterocycles. The van der Waals surface area contributed by atoms with Crippen LogP contribution in [0.2, 0.25) is 0 Å². The number of piperidine rings is 1. The van der Waals surface area contributed by atoms with E-state index in [-0.39, 0.29) is 48.9 Å². The highest BCUT2D eigenvalue weighted by molar-refractivity contribution is 5.99. The Balaban J connectivity index is 1.20. The predicted molar refractivity (Wildman–Crippen MR) is 129 cm³/mol. The van der Waals surface area contributed by atoms with Crippen LogP contribution in [0.4, 0.5) is 4.79 Å². The number of aryl methyl sites for hydroxylation is 1. The van der Waals surface area contributed by atoms with Gasteiger partial charge in [0.25, 0.3) is 0 Å². The first-order valence-electron chi connectivity index (χ1n) is 12.2. The summed E-state index contributed by atoms with van der Waals surface area (Å²) in [5, 5.41) is 8.67. The molecule has 0 aliphatic carbocycles. The summed E-state index contributed by atoms with van der Waals surface area (Å²) in [6.07, 6.45) is 0.849. The minimum atomic E-state index is -1.09. The molecule has 0 bridgehead atoms. The number of aliphatic carboxylic acids is 1. The summed E-state index contributed by atoms with van der Waals surface area (Å²) in [4.78, 5) is 64.7. The maximum Gasteiger partial charge on any atom is 0.519 e. The number of hydrogen-bond acceptors (Lipinski definition) is 10. The fraction of sp³-hybridized carbons (Fsp3) is 0.480. The van der Waals surface area contributed by atoms with Gasteiger partial charge in [0, 0.05) is 37.8 Å². The third-order valence-electron chi connectivity index (χ3n) is 6.62.